The number of benzene rings is 1. The van der Waals surface area contributed by atoms with Gasteiger partial charge in [0.25, 0.3) is 0 Å². The summed E-state index contributed by atoms with van der Waals surface area (Å²) in [4.78, 5) is 0. The molecule has 1 aliphatic heterocycles. The molecule has 0 amide bonds. The van der Waals surface area contributed by atoms with E-state index in [1.54, 1.807) is 4.68 Å². The van der Waals surface area contributed by atoms with Crippen LogP contribution in [0, 0.1) is 11.3 Å². The highest BCUT2D eigenvalue weighted by Crippen LogP contribution is 2.26. The van der Waals surface area contributed by atoms with Crippen molar-refractivity contribution in [3.05, 3.63) is 45.7 Å². The number of nitriles is 1. The Bertz CT molecular complexity index is 610. The quantitative estimate of drug-likeness (QED) is 0.811. The molecule has 1 aromatic carbocycles. The van der Waals surface area contributed by atoms with Gasteiger partial charge in [-0.15, -0.1) is 0 Å². The van der Waals surface area contributed by atoms with Crippen molar-refractivity contribution in [3.63, 3.8) is 0 Å². The summed E-state index contributed by atoms with van der Waals surface area (Å²) in [5.74, 6) is 0. The molecule has 0 saturated heterocycles. The monoisotopic (exact) mass is 289 g/mol. The Hall–Kier alpha value is -1.64. The molecule has 0 atom stereocenters. The molecule has 0 radical (unpaired) electrons. The second-order valence-corrected chi connectivity index (χ2v) is 4.68. The van der Waals surface area contributed by atoms with E-state index >= 15 is 0 Å². The summed E-state index contributed by atoms with van der Waals surface area (Å²) in [6.07, 6.45) is 0. The van der Waals surface area contributed by atoms with E-state index in [4.69, 9.17) is 10.00 Å². The summed E-state index contributed by atoms with van der Waals surface area (Å²) >= 11 is 3.39. The molecular formula is C12H8BrN3O. The summed E-state index contributed by atoms with van der Waals surface area (Å²) < 4.78 is 8.16. The van der Waals surface area contributed by atoms with E-state index < -0.39 is 0 Å². The number of fused-ring (bicyclic) bond motifs is 1. The first-order valence-corrected chi connectivity index (χ1v) is 5.93. The van der Waals surface area contributed by atoms with E-state index in [0.717, 1.165) is 21.4 Å². The maximum absolute atomic E-state index is 9.02. The van der Waals surface area contributed by atoms with Crippen molar-refractivity contribution in [2.24, 2.45) is 0 Å². The fourth-order valence-electron chi connectivity index (χ4n) is 1.92. The summed E-state index contributed by atoms with van der Waals surface area (Å²) in [6, 6.07) is 9.92. The first-order valence-electron chi connectivity index (χ1n) is 5.14. The van der Waals surface area contributed by atoms with Crippen LogP contribution in [0.15, 0.2) is 28.7 Å². The average Bonchev–Trinajstić information content (AvgIpc) is 2.91. The molecule has 3 rings (SSSR count). The molecule has 0 aliphatic carbocycles. The van der Waals surface area contributed by atoms with Crippen LogP contribution in [-0.4, -0.2) is 9.78 Å². The number of aromatic nitrogens is 2. The zero-order chi connectivity index (χ0) is 11.8. The van der Waals surface area contributed by atoms with Gasteiger partial charge in [0, 0.05) is 10.0 Å². The molecule has 5 heteroatoms. The fraction of sp³-hybridized carbons (Fsp3) is 0.167. The van der Waals surface area contributed by atoms with Gasteiger partial charge in [0.05, 0.1) is 24.6 Å². The molecule has 0 unspecified atom stereocenters. The lowest BCUT2D eigenvalue weighted by molar-refractivity contribution is 0.130. The summed E-state index contributed by atoms with van der Waals surface area (Å²) in [5, 5.41) is 13.3. The van der Waals surface area contributed by atoms with Gasteiger partial charge in [-0.2, -0.15) is 10.4 Å². The zero-order valence-corrected chi connectivity index (χ0v) is 10.4. The van der Waals surface area contributed by atoms with Gasteiger partial charge in [-0.3, -0.25) is 0 Å². The van der Waals surface area contributed by atoms with Crippen LogP contribution in [0.5, 0.6) is 0 Å². The van der Waals surface area contributed by atoms with Crippen molar-refractivity contribution < 1.29 is 4.74 Å². The largest absolute Gasteiger partial charge is 0.370 e. The van der Waals surface area contributed by atoms with Gasteiger partial charge in [0.2, 0.25) is 0 Å². The second-order valence-electron chi connectivity index (χ2n) is 3.77. The van der Waals surface area contributed by atoms with Gasteiger partial charge in [-0.05, 0) is 24.3 Å². The fourth-order valence-corrected chi connectivity index (χ4v) is 2.18. The maximum atomic E-state index is 9.02. The third-order valence-electron chi connectivity index (χ3n) is 2.75. The van der Waals surface area contributed by atoms with Crippen LogP contribution in [0.25, 0.3) is 5.69 Å². The van der Waals surface area contributed by atoms with E-state index in [0.29, 0.717) is 18.9 Å². The van der Waals surface area contributed by atoms with Crippen molar-refractivity contribution in [1.82, 2.24) is 9.78 Å². The molecule has 2 heterocycles. The molecule has 84 valence electrons. The van der Waals surface area contributed by atoms with E-state index in [1.807, 2.05) is 24.3 Å². The lowest BCUT2D eigenvalue weighted by Crippen LogP contribution is -2.01. The lowest BCUT2D eigenvalue weighted by Gasteiger charge is -2.04. The van der Waals surface area contributed by atoms with Gasteiger partial charge in [-0.1, -0.05) is 15.9 Å². The van der Waals surface area contributed by atoms with Crippen LogP contribution < -0.4 is 0 Å². The molecule has 4 nitrogen and oxygen atoms in total. The Balaban J connectivity index is 2.16. The van der Waals surface area contributed by atoms with E-state index in [-0.39, 0.29) is 0 Å². The van der Waals surface area contributed by atoms with Gasteiger partial charge in [-0.25, -0.2) is 4.68 Å². The molecule has 1 aromatic heterocycles. The van der Waals surface area contributed by atoms with Crippen LogP contribution in [0.2, 0.25) is 0 Å². The number of hydrogen-bond acceptors (Lipinski definition) is 3. The van der Waals surface area contributed by atoms with Gasteiger partial charge in [0.15, 0.2) is 5.69 Å². The number of rotatable bonds is 1. The lowest BCUT2D eigenvalue weighted by atomic mass is 10.2. The van der Waals surface area contributed by atoms with Crippen molar-refractivity contribution in [3.8, 4) is 11.8 Å². The molecule has 0 fully saturated rings. The summed E-state index contributed by atoms with van der Waals surface area (Å²) in [6.45, 7) is 0.995. The topological polar surface area (TPSA) is 50.8 Å². The Morgan fingerprint density at radius 2 is 2.06 bits per heavy atom. The minimum Gasteiger partial charge on any atom is -0.370 e. The molecule has 0 N–H and O–H groups in total. The van der Waals surface area contributed by atoms with Gasteiger partial charge in [0.1, 0.15) is 6.07 Å². The van der Waals surface area contributed by atoms with Crippen LogP contribution >= 0.6 is 15.9 Å². The molecule has 1 aliphatic rings. The molecule has 0 spiro atoms. The van der Waals surface area contributed by atoms with Crippen molar-refractivity contribution in [1.29, 1.82) is 5.26 Å². The normalized spacial score (nSPS) is 13.4. The predicted molar refractivity (Wildman–Crippen MR) is 64.5 cm³/mol. The summed E-state index contributed by atoms with van der Waals surface area (Å²) in [5.41, 5.74) is 3.29. The molecular weight excluding hydrogens is 282 g/mol. The standard InChI is InChI=1S/C12H8BrN3O/c13-8-1-3-9(4-2-8)16-12-7-17-6-10(12)11(5-14)15-16/h1-4H,6-7H2. The minimum absolute atomic E-state index is 0.459. The third kappa shape index (κ3) is 1.66. The Morgan fingerprint density at radius 1 is 1.29 bits per heavy atom. The van der Waals surface area contributed by atoms with Crippen LogP contribution in [0.4, 0.5) is 0 Å². The van der Waals surface area contributed by atoms with Crippen molar-refractivity contribution >= 4 is 15.9 Å². The number of ether oxygens (including phenoxy) is 1. The average molecular weight is 290 g/mol. The predicted octanol–water partition coefficient (Wildman–Crippen LogP) is 2.54. The number of nitrogens with zero attached hydrogens (tertiary/aromatic N) is 3. The summed E-state index contributed by atoms with van der Waals surface area (Å²) in [7, 11) is 0. The smallest absolute Gasteiger partial charge is 0.168 e. The first kappa shape index (κ1) is 10.5. The highest BCUT2D eigenvalue weighted by molar-refractivity contribution is 9.10. The molecule has 17 heavy (non-hydrogen) atoms. The minimum atomic E-state index is 0.459. The third-order valence-corrected chi connectivity index (χ3v) is 3.28. The highest BCUT2D eigenvalue weighted by Gasteiger charge is 2.23. The maximum Gasteiger partial charge on any atom is 0.168 e. The Labute approximate surface area is 107 Å². The van der Waals surface area contributed by atoms with E-state index in [9.17, 15) is 0 Å². The Morgan fingerprint density at radius 3 is 2.76 bits per heavy atom. The van der Waals surface area contributed by atoms with E-state index in [1.165, 1.54) is 0 Å². The van der Waals surface area contributed by atoms with E-state index in [2.05, 4.69) is 27.1 Å². The first-order chi connectivity index (χ1) is 8.29. The van der Waals surface area contributed by atoms with Gasteiger partial charge < -0.3 is 4.74 Å². The van der Waals surface area contributed by atoms with Crippen LogP contribution in [0.3, 0.4) is 0 Å². The van der Waals surface area contributed by atoms with Crippen molar-refractivity contribution in [2.75, 3.05) is 0 Å². The SMILES string of the molecule is N#Cc1nn(-c2ccc(Br)cc2)c2c1COC2. The zero-order valence-electron chi connectivity index (χ0n) is 8.85. The van der Waals surface area contributed by atoms with Crippen LogP contribution in [0.1, 0.15) is 17.0 Å². The molecule has 2 aromatic rings. The number of halogens is 1. The van der Waals surface area contributed by atoms with Crippen molar-refractivity contribution in [2.45, 2.75) is 13.2 Å². The van der Waals surface area contributed by atoms with Crippen LogP contribution in [-0.2, 0) is 18.0 Å². The molecule has 0 saturated carbocycles. The second kappa shape index (κ2) is 3.99. The molecule has 0 bridgehead atoms. The highest BCUT2D eigenvalue weighted by atomic mass is 79.9. The van der Waals surface area contributed by atoms with Gasteiger partial charge >= 0.3 is 0 Å². The Kier molecular flexibility index (Phi) is 2.46. The number of hydrogen-bond donors (Lipinski definition) is 0.